The average Bonchev–Trinajstić information content (AvgIpc) is 3.12. The molecule has 1 saturated heterocycles. The highest BCUT2D eigenvalue weighted by Crippen LogP contribution is 2.37. The van der Waals surface area contributed by atoms with Gasteiger partial charge in [-0.2, -0.15) is 13.9 Å². The number of nitrogens with zero attached hydrogens (tertiary/aromatic N) is 3. The molecule has 0 N–H and O–H groups in total. The molecule has 0 radical (unpaired) electrons. The minimum absolute atomic E-state index is 0.0549. The number of amides is 2. The molecule has 2 aromatic rings. The van der Waals surface area contributed by atoms with Gasteiger partial charge in [0.25, 0.3) is 11.8 Å². The van der Waals surface area contributed by atoms with E-state index in [1.807, 2.05) is 26.0 Å². The largest absolute Gasteiger partial charge is 0.493 e. The Morgan fingerprint density at radius 3 is 2.35 bits per heavy atom. The van der Waals surface area contributed by atoms with Crippen molar-refractivity contribution in [2.75, 3.05) is 27.3 Å². The molecule has 0 spiro atoms. The van der Waals surface area contributed by atoms with Crippen molar-refractivity contribution in [2.24, 2.45) is 10.5 Å². The zero-order valence-electron chi connectivity index (χ0n) is 21.6. The van der Waals surface area contributed by atoms with Crippen LogP contribution in [0.1, 0.15) is 48.2 Å². The van der Waals surface area contributed by atoms with Crippen LogP contribution in [0.15, 0.2) is 41.5 Å². The lowest BCUT2D eigenvalue weighted by Crippen LogP contribution is -2.47. The summed E-state index contributed by atoms with van der Waals surface area (Å²) < 4.78 is 40.4. The molecule has 2 amide bonds. The van der Waals surface area contributed by atoms with Gasteiger partial charge in [-0.15, -0.1) is 0 Å². The molecule has 0 unspecified atom stereocenters. The summed E-state index contributed by atoms with van der Waals surface area (Å²) in [5, 5.41) is 6.29. The normalized spacial score (nSPS) is 17.7. The predicted molar refractivity (Wildman–Crippen MR) is 133 cm³/mol. The van der Waals surface area contributed by atoms with Crippen molar-refractivity contribution in [2.45, 2.75) is 46.3 Å². The molecule has 198 valence electrons. The number of carbonyl (C=O) groups is 2. The Kier molecular flexibility index (Phi) is 7.38. The quantitative estimate of drug-likeness (QED) is 0.543. The Hall–Kier alpha value is -3.69. The van der Waals surface area contributed by atoms with Gasteiger partial charge in [0, 0.05) is 24.2 Å². The van der Waals surface area contributed by atoms with Gasteiger partial charge < -0.3 is 19.1 Å². The van der Waals surface area contributed by atoms with Gasteiger partial charge >= 0.3 is 6.61 Å². The Morgan fingerprint density at radius 1 is 1.05 bits per heavy atom. The van der Waals surface area contributed by atoms with Crippen molar-refractivity contribution >= 4 is 17.5 Å². The lowest BCUT2D eigenvalue weighted by molar-refractivity contribution is -0.138. The van der Waals surface area contributed by atoms with Crippen LogP contribution < -0.4 is 14.2 Å². The summed E-state index contributed by atoms with van der Waals surface area (Å²) in [5.41, 5.74) is 1.57. The van der Waals surface area contributed by atoms with E-state index in [4.69, 9.17) is 14.6 Å². The third-order valence-corrected chi connectivity index (χ3v) is 6.96. The predicted octanol–water partition coefficient (Wildman–Crippen LogP) is 4.49. The molecule has 4 rings (SSSR count). The SMILES string of the molecule is COc1ccc(C2=NN(C3CCN(C(=O)c4cc(OC(F)F)ccc4C)CC3)C(=O)C2(C)C)cc1OC. The number of ether oxygens (including phenoxy) is 3. The number of aryl methyl sites for hydroxylation is 1. The van der Waals surface area contributed by atoms with Gasteiger partial charge in [-0.25, -0.2) is 5.01 Å². The van der Waals surface area contributed by atoms with Crippen molar-refractivity contribution in [3.63, 3.8) is 0 Å². The van der Waals surface area contributed by atoms with Crippen LogP contribution in [0.2, 0.25) is 0 Å². The van der Waals surface area contributed by atoms with Crippen molar-refractivity contribution < 1.29 is 32.6 Å². The molecular weight excluding hydrogens is 484 g/mol. The minimum Gasteiger partial charge on any atom is -0.493 e. The molecule has 2 heterocycles. The average molecular weight is 516 g/mol. The molecule has 2 aromatic carbocycles. The Morgan fingerprint density at radius 2 is 1.73 bits per heavy atom. The van der Waals surface area contributed by atoms with Crippen molar-refractivity contribution in [1.29, 1.82) is 0 Å². The van der Waals surface area contributed by atoms with E-state index in [0.29, 0.717) is 54.3 Å². The molecule has 0 aromatic heterocycles. The van der Waals surface area contributed by atoms with Crippen molar-refractivity contribution in [3.8, 4) is 17.2 Å². The van der Waals surface area contributed by atoms with Crippen LogP contribution in [0.25, 0.3) is 0 Å². The lowest BCUT2D eigenvalue weighted by Gasteiger charge is -2.35. The molecule has 0 saturated carbocycles. The zero-order chi connectivity index (χ0) is 26.9. The van der Waals surface area contributed by atoms with Crippen LogP contribution in [0.4, 0.5) is 8.78 Å². The highest BCUT2D eigenvalue weighted by atomic mass is 19.3. The summed E-state index contributed by atoms with van der Waals surface area (Å²) >= 11 is 0. The smallest absolute Gasteiger partial charge is 0.387 e. The monoisotopic (exact) mass is 515 g/mol. The summed E-state index contributed by atoms with van der Waals surface area (Å²) in [6.45, 7) is 3.30. The van der Waals surface area contributed by atoms with Gasteiger partial charge in [-0.05, 0) is 69.5 Å². The maximum absolute atomic E-state index is 13.4. The van der Waals surface area contributed by atoms with Gasteiger partial charge in [0.05, 0.1) is 31.4 Å². The first-order valence-electron chi connectivity index (χ1n) is 12.1. The number of halogens is 2. The number of alkyl halides is 2. The number of hydrogen-bond acceptors (Lipinski definition) is 6. The zero-order valence-corrected chi connectivity index (χ0v) is 21.6. The molecule has 1 fully saturated rings. The highest BCUT2D eigenvalue weighted by Gasteiger charge is 2.47. The minimum atomic E-state index is -2.96. The number of piperidine rings is 1. The highest BCUT2D eigenvalue weighted by molar-refractivity contribution is 6.19. The second-order valence-corrected chi connectivity index (χ2v) is 9.67. The van der Waals surface area contributed by atoms with E-state index in [9.17, 15) is 18.4 Å². The molecule has 0 atom stereocenters. The van der Waals surface area contributed by atoms with Crippen LogP contribution in [0.3, 0.4) is 0 Å². The fourth-order valence-electron chi connectivity index (χ4n) is 4.81. The number of hydrazone groups is 1. The fourth-order valence-corrected chi connectivity index (χ4v) is 4.81. The van der Waals surface area contributed by atoms with E-state index < -0.39 is 12.0 Å². The first kappa shape index (κ1) is 26.4. The summed E-state index contributed by atoms with van der Waals surface area (Å²) in [4.78, 5) is 28.2. The summed E-state index contributed by atoms with van der Waals surface area (Å²) in [6.07, 6.45) is 1.09. The molecule has 8 nitrogen and oxygen atoms in total. The van der Waals surface area contributed by atoms with E-state index in [2.05, 4.69) is 4.74 Å². The van der Waals surface area contributed by atoms with Gasteiger partial charge in [-0.3, -0.25) is 9.59 Å². The number of methoxy groups -OCH3 is 2. The second-order valence-electron chi connectivity index (χ2n) is 9.67. The molecular formula is C27H31F2N3O5. The topological polar surface area (TPSA) is 80.7 Å². The molecule has 0 bridgehead atoms. The van der Waals surface area contributed by atoms with Gasteiger partial charge in [0.1, 0.15) is 5.75 Å². The van der Waals surface area contributed by atoms with E-state index in [1.165, 1.54) is 12.1 Å². The van der Waals surface area contributed by atoms with E-state index in [1.54, 1.807) is 43.2 Å². The summed E-state index contributed by atoms with van der Waals surface area (Å²) in [7, 11) is 3.12. The van der Waals surface area contributed by atoms with Crippen molar-refractivity contribution in [3.05, 3.63) is 53.1 Å². The van der Waals surface area contributed by atoms with Crippen LogP contribution >= 0.6 is 0 Å². The number of carbonyl (C=O) groups excluding carboxylic acids is 2. The van der Waals surface area contributed by atoms with Crippen LogP contribution in [0.5, 0.6) is 17.2 Å². The maximum atomic E-state index is 13.4. The van der Waals surface area contributed by atoms with E-state index in [0.717, 1.165) is 5.56 Å². The van der Waals surface area contributed by atoms with E-state index >= 15 is 0 Å². The van der Waals surface area contributed by atoms with Gasteiger partial charge in [-0.1, -0.05) is 6.07 Å². The molecule has 2 aliphatic rings. The van der Waals surface area contributed by atoms with Crippen LogP contribution in [-0.2, 0) is 4.79 Å². The van der Waals surface area contributed by atoms with Crippen LogP contribution in [-0.4, -0.2) is 67.4 Å². The Bertz CT molecular complexity index is 1220. The van der Waals surface area contributed by atoms with E-state index in [-0.39, 0.29) is 23.6 Å². The first-order chi connectivity index (χ1) is 17.6. The fraction of sp³-hybridized carbons (Fsp3) is 0.444. The third-order valence-electron chi connectivity index (χ3n) is 6.96. The molecule has 10 heteroatoms. The summed E-state index contributed by atoms with van der Waals surface area (Å²) in [5.74, 6) is 0.729. The lowest BCUT2D eigenvalue weighted by atomic mass is 9.83. The second kappa shape index (κ2) is 10.4. The molecule has 2 aliphatic heterocycles. The van der Waals surface area contributed by atoms with Crippen molar-refractivity contribution in [1.82, 2.24) is 9.91 Å². The molecule has 37 heavy (non-hydrogen) atoms. The van der Waals surface area contributed by atoms with Gasteiger partial charge in [0.2, 0.25) is 0 Å². The van der Waals surface area contributed by atoms with Crippen LogP contribution in [0, 0.1) is 12.3 Å². The summed E-state index contributed by atoms with van der Waals surface area (Å²) in [6, 6.07) is 9.64. The maximum Gasteiger partial charge on any atom is 0.387 e. The third kappa shape index (κ3) is 5.10. The Balaban J connectivity index is 1.49. The standard InChI is InChI=1S/C27H31F2N3O5/c1-16-6-8-19(37-26(28)29)15-20(16)24(33)31-12-10-18(11-13-31)32-25(34)27(2,3)23(30-32)17-7-9-21(35-4)22(14-17)36-5/h6-9,14-15,18,26H,10-13H2,1-5H3. The number of rotatable bonds is 7. The number of hydrogen-bond donors (Lipinski definition) is 0. The first-order valence-corrected chi connectivity index (χ1v) is 12.1. The number of benzene rings is 2. The molecule has 0 aliphatic carbocycles. The number of likely N-dealkylation sites (tertiary alicyclic amines) is 1. The van der Waals surface area contributed by atoms with Gasteiger partial charge in [0.15, 0.2) is 11.5 Å². The Labute approximate surface area is 214 Å².